The lowest BCUT2D eigenvalue weighted by molar-refractivity contribution is -0.384. The van der Waals surface area contributed by atoms with Crippen LogP contribution in [0.4, 0.5) is 5.69 Å². The second-order valence-electron chi connectivity index (χ2n) is 4.81. The van der Waals surface area contributed by atoms with E-state index in [1.807, 2.05) is 0 Å². The van der Waals surface area contributed by atoms with Crippen LogP contribution in [0.25, 0.3) is 0 Å². The summed E-state index contributed by atoms with van der Waals surface area (Å²) < 4.78 is 5.57. The van der Waals surface area contributed by atoms with Crippen LogP contribution in [0.5, 0.6) is 5.75 Å². The van der Waals surface area contributed by atoms with Crippen LogP contribution >= 0.6 is 0 Å². The average Bonchev–Trinajstić information content (AvgIpc) is 3.17. The van der Waals surface area contributed by atoms with E-state index in [2.05, 4.69) is 5.16 Å². The van der Waals surface area contributed by atoms with E-state index in [1.54, 1.807) is 12.1 Å². The summed E-state index contributed by atoms with van der Waals surface area (Å²) in [5, 5.41) is 22.2. The number of hydrogen-bond acceptors (Lipinski definition) is 5. The van der Waals surface area contributed by atoms with Crippen molar-refractivity contribution >= 4 is 11.5 Å². The Morgan fingerprint density at radius 1 is 1.58 bits per heavy atom. The van der Waals surface area contributed by atoms with Gasteiger partial charge in [0.2, 0.25) is 0 Å². The summed E-state index contributed by atoms with van der Waals surface area (Å²) in [5.74, 6) is 0.639. The Morgan fingerprint density at radius 3 is 2.89 bits per heavy atom. The van der Waals surface area contributed by atoms with Crippen molar-refractivity contribution in [1.29, 1.82) is 0 Å². The molecule has 3 N–H and O–H groups in total. The molecule has 1 fully saturated rings. The van der Waals surface area contributed by atoms with Gasteiger partial charge in [0.15, 0.2) is 0 Å². The number of rotatable bonds is 6. The summed E-state index contributed by atoms with van der Waals surface area (Å²) in [6.45, 7) is 0.407. The lowest BCUT2D eigenvalue weighted by Crippen LogP contribution is -2.22. The Balaban J connectivity index is 1.95. The maximum absolute atomic E-state index is 10.6. The van der Waals surface area contributed by atoms with Crippen molar-refractivity contribution in [2.75, 3.05) is 6.61 Å². The first kappa shape index (κ1) is 13.1. The van der Waals surface area contributed by atoms with Crippen molar-refractivity contribution in [1.82, 2.24) is 0 Å². The zero-order chi connectivity index (χ0) is 13.9. The van der Waals surface area contributed by atoms with Crippen molar-refractivity contribution in [2.24, 2.45) is 16.3 Å². The predicted molar refractivity (Wildman–Crippen MR) is 68.3 cm³/mol. The van der Waals surface area contributed by atoms with E-state index >= 15 is 0 Å². The van der Waals surface area contributed by atoms with Gasteiger partial charge in [-0.15, -0.1) is 0 Å². The third kappa shape index (κ3) is 3.34. The van der Waals surface area contributed by atoms with Crippen LogP contribution < -0.4 is 10.5 Å². The van der Waals surface area contributed by atoms with Crippen molar-refractivity contribution in [3.63, 3.8) is 0 Å². The highest BCUT2D eigenvalue weighted by Crippen LogP contribution is 2.49. The van der Waals surface area contributed by atoms with E-state index in [4.69, 9.17) is 15.7 Å². The highest BCUT2D eigenvalue weighted by atomic mass is 16.6. The smallest absolute Gasteiger partial charge is 0.273 e. The molecule has 0 heterocycles. The Bertz CT molecular complexity index is 511. The van der Waals surface area contributed by atoms with Gasteiger partial charge in [0.1, 0.15) is 11.6 Å². The largest absolute Gasteiger partial charge is 0.493 e. The van der Waals surface area contributed by atoms with Gasteiger partial charge in [-0.2, -0.15) is 0 Å². The lowest BCUT2D eigenvalue weighted by atomic mass is 10.0. The molecule has 0 bridgehead atoms. The molecular weight excluding hydrogens is 250 g/mol. The summed E-state index contributed by atoms with van der Waals surface area (Å²) in [5.41, 5.74) is 5.39. The topological polar surface area (TPSA) is 111 Å². The van der Waals surface area contributed by atoms with Gasteiger partial charge in [-0.25, -0.2) is 0 Å². The molecule has 0 atom stereocenters. The van der Waals surface area contributed by atoms with Crippen LogP contribution in [-0.4, -0.2) is 22.6 Å². The molecule has 7 nitrogen and oxygen atoms in total. The van der Waals surface area contributed by atoms with Gasteiger partial charge in [0, 0.05) is 17.9 Å². The Kier molecular flexibility index (Phi) is 3.55. The standard InChI is InChI=1S/C12H15N3O4/c13-11(14-16)7-12(4-5-12)8-19-10-3-1-2-9(6-10)15(17)18/h1-3,6,16H,4-5,7-8H2,(H2,13,14). The first-order valence-electron chi connectivity index (χ1n) is 5.88. The third-order valence-electron chi connectivity index (χ3n) is 3.22. The number of nitrogens with two attached hydrogens (primary N) is 1. The average molecular weight is 265 g/mol. The Labute approximate surface area is 109 Å². The molecule has 0 aliphatic heterocycles. The fourth-order valence-corrected chi connectivity index (χ4v) is 1.89. The van der Waals surface area contributed by atoms with E-state index in [1.165, 1.54) is 12.1 Å². The van der Waals surface area contributed by atoms with Gasteiger partial charge in [-0.1, -0.05) is 11.2 Å². The highest BCUT2D eigenvalue weighted by molar-refractivity contribution is 5.80. The number of non-ortho nitro benzene ring substituents is 1. The monoisotopic (exact) mass is 265 g/mol. The van der Waals surface area contributed by atoms with E-state index in [-0.39, 0.29) is 16.9 Å². The molecule has 7 heteroatoms. The number of nitrogens with zero attached hydrogens (tertiary/aromatic N) is 2. The fourth-order valence-electron chi connectivity index (χ4n) is 1.89. The van der Waals surface area contributed by atoms with Crippen molar-refractivity contribution < 1.29 is 14.9 Å². The van der Waals surface area contributed by atoms with Crippen LogP contribution in [0.3, 0.4) is 0 Å². The molecule has 1 aliphatic rings. The lowest BCUT2D eigenvalue weighted by Gasteiger charge is -2.15. The molecule has 1 saturated carbocycles. The SMILES string of the molecule is NC(CC1(COc2cccc([N+](=O)[O-])c2)CC1)=NO. The molecule has 1 aromatic carbocycles. The minimum atomic E-state index is -0.462. The van der Waals surface area contributed by atoms with Gasteiger partial charge < -0.3 is 15.7 Å². The number of amidine groups is 1. The normalized spacial score (nSPS) is 16.9. The molecule has 1 aromatic rings. The Hall–Kier alpha value is -2.31. The Morgan fingerprint density at radius 2 is 2.32 bits per heavy atom. The molecule has 102 valence electrons. The molecule has 0 amide bonds. The molecule has 0 spiro atoms. The van der Waals surface area contributed by atoms with Crippen LogP contribution in [-0.2, 0) is 0 Å². The van der Waals surface area contributed by atoms with Gasteiger partial charge in [0.05, 0.1) is 17.6 Å². The number of benzene rings is 1. The van der Waals surface area contributed by atoms with Crippen LogP contribution in [0.15, 0.2) is 29.4 Å². The minimum absolute atomic E-state index is 0.00113. The summed E-state index contributed by atoms with van der Waals surface area (Å²) in [6, 6.07) is 6.05. The van der Waals surface area contributed by atoms with Crippen molar-refractivity contribution in [3.8, 4) is 5.75 Å². The predicted octanol–water partition coefficient (Wildman–Crippen LogP) is 1.89. The first-order valence-corrected chi connectivity index (χ1v) is 5.88. The molecule has 0 saturated heterocycles. The van der Waals surface area contributed by atoms with Gasteiger partial charge in [-0.05, 0) is 18.9 Å². The maximum atomic E-state index is 10.6. The van der Waals surface area contributed by atoms with Crippen LogP contribution in [0.1, 0.15) is 19.3 Å². The molecule has 0 aromatic heterocycles. The number of nitro benzene ring substituents is 1. The zero-order valence-electron chi connectivity index (χ0n) is 10.3. The molecule has 0 unspecified atom stereocenters. The second-order valence-corrected chi connectivity index (χ2v) is 4.81. The van der Waals surface area contributed by atoms with Crippen molar-refractivity contribution in [3.05, 3.63) is 34.4 Å². The van der Waals surface area contributed by atoms with Crippen LogP contribution in [0, 0.1) is 15.5 Å². The maximum Gasteiger partial charge on any atom is 0.273 e. The van der Waals surface area contributed by atoms with Crippen LogP contribution in [0.2, 0.25) is 0 Å². The quantitative estimate of drug-likeness (QED) is 0.268. The van der Waals surface area contributed by atoms with E-state index in [9.17, 15) is 10.1 Å². The molecule has 19 heavy (non-hydrogen) atoms. The van der Waals surface area contributed by atoms with E-state index in [0.29, 0.717) is 18.8 Å². The summed E-state index contributed by atoms with van der Waals surface area (Å²) in [6.07, 6.45) is 2.36. The summed E-state index contributed by atoms with van der Waals surface area (Å²) >= 11 is 0. The van der Waals surface area contributed by atoms with Gasteiger partial charge >= 0.3 is 0 Å². The second kappa shape index (κ2) is 5.13. The molecule has 0 radical (unpaired) electrons. The summed E-state index contributed by atoms with van der Waals surface area (Å²) in [4.78, 5) is 10.2. The first-order chi connectivity index (χ1) is 9.04. The van der Waals surface area contributed by atoms with E-state index in [0.717, 1.165) is 12.8 Å². The number of nitro groups is 1. The van der Waals surface area contributed by atoms with Crippen molar-refractivity contribution in [2.45, 2.75) is 19.3 Å². The minimum Gasteiger partial charge on any atom is -0.493 e. The number of hydrogen-bond donors (Lipinski definition) is 2. The highest BCUT2D eigenvalue weighted by Gasteiger charge is 2.44. The fraction of sp³-hybridized carbons (Fsp3) is 0.417. The molecule has 1 aliphatic carbocycles. The molecular formula is C12H15N3O4. The zero-order valence-corrected chi connectivity index (χ0v) is 10.3. The summed E-state index contributed by atoms with van der Waals surface area (Å²) in [7, 11) is 0. The number of oxime groups is 1. The van der Waals surface area contributed by atoms with Gasteiger partial charge in [-0.3, -0.25) is 10.1 Å². The number of ether oxygens (including phenoxy) is 1. The van der Waals surface area contributed by atoms with E-state index < -0.39 is 4.92 Å². The third-order valence-corrected chi connectivity index (χ3v) is 3.22. The molecule has 2 rings (SSSR count). The van der Waals surface area contributed by atoms with Gasteiger partial charge in [0.25, 0.3) is 5.69 Å².